The highest BCUT2D eigenvalue weighted by Gasteiger charge is 2.14. The van der Waals surface area contributed by atoms with Crippen LogP contribution >= 0.6 is 11.8 Å². The lowest BCUT2D eigenvalue weighted by Gasteiger charge is -2.09. The third-order valence-corrected chi connectivity index (χ3v) is 5.93. The molecule has 0 saturated heterocycles. The molecule has 0 saturated carbocycles. The second kappa shape index (κ2) is 10.1. The third kappa shape index (κ3) is 5.45. The number of nitrogens with zero attached hydrogens (tertiary/aromatic N) is 4. The molecule has 33 heavy (non-hydrogen) atoms. The maximum Gasteiger partial charge on any atom is 0.270 e. The molecule has 4 rings (SSSR count). The molecule has 0 radical (unpaired) electrons. The molecular formula is C24H21N5O3S. The van der Waals surface area contributed by atoms with Gasteiger partial charge < -0.3 is 4.57 Å². The van der Waals surface area contributed by atoms with Gasteiger partial charge in [-0.05, 0) is 24.6 Å². The van der Waals surface area contributed by atoms with Crippen LogP contribution in [0.1, 0.15) is 18.1 Å². The smallest absolute Gasteiger partial charge is 0.270 e. The van der Waals surface area contributed by atoms with E-state index in [1.165, 1.54) is 23.9 Å². The number of carbonyl (C=O) groups excluding carboxylic acids is 1. The summed E-state index contributed by atoms with van der Waals surface area (Å²) in [6.45, 7) is 2.33. The Morgan fingerprint density at radius 3 is 2.64 bits per heavy atom. The highest BCUT2D eigenvalue weighted by atomic mass is 32.2. The molecule has 166 valence electrons. The first-order valence-electron chi connectivity index (χ1n) is 10.2. The van der Waals surface area contributed by atoms with E-state index in [1.54, 1.807) is 19.1 Å². The number of rotatable bonds is 8. The summed E-state index contributed by atoms with van der Waals surface area (Å²) in [4.78, 5) is 27.6. The van der Waals surface area contributed by atoms with E-state index in [0.29, 0.717) is 17.8 Å². The van der Waals surface area contributed by atoms with Crippen molar-refractivity contribution in [2.75, 3.05) is 5.75 Å². The molecule has 0 fully saturated rings. The zero-order chi connectivity index (χ0) is 23.2. The van der Waals surface area contributed by atoms with Gasteiger partial charge in [0.2, 0.25) is 0 Å². The number of para-hydroxylation sites is 2. The number of fused-ring (bicyclic) bond motifs is 1. The summed E-state index contributed by atoms with van der Waals surface area (Å²) >= 11 is 1.34. The molecule has 0 aliphatic heterocycles. The summed E-state index contributed by atoms with van der Waals surface area (Å²) < 4.78 is 2.10. The fourth-order valence-corrected chi connectivity index (χ4v) is 4.11. The van der Waals surface area contributed by atoms with E-state index in [2.05, 4.69) is 27.2 Å². The summed E-state index contributed by atoms with van der Waals surface area (Å²) in [5.41, 5.74) is 6.57. The minimum absolute atomic E-state index is 0.0266. The number of nitrogens with one attached hydrogen (secondary N) is 1. The maximum absolute atomic E-state index is 12.4. The van der Waals surface area contributed by atoms with Gasteiger partial charge in [0.05, 0.1) is 34.0 Å². The van der Waals surface area contributed by atoms with Crippen molar-refractivity contribution in [2.45, 2.75) is 18.6 Å². The monoisotopic (exact) mass is 459 g/mol. The topological polar surface area (TPSA) is 102 Å². The van der Waals surface area contributed by atoms with Crippen molar-refractivity contribution in [3.8, 4) is 0 Å². The summed E-state index contributed by atoms with van der Waals surface area (Å²) in [6.07, 6.45) is 0. The van der Waals surface area contributed by atoms with E-state index < -0.39 is 4.92 Å². The first-order valence-corrected chi connectivity index (χ1v) is 11.2. The number of carbonyl (C=O) groups is 1. The molecule has 0 bridgehead atoms. The first kappa shape index (κ1) is 22.2. The number of benzene rings is 3. The SMILES string of the molecule is C/C(=N\NC(=O)CSc1nc2ccccc2n1Cc1ccccc1)c1cccc([N+](=O)[O-])c1. The lowest BCUT2D eigenvalue weighted by atomic mass is 10.1. The van der Waals surface area contributed by atoms with E-state index in [-0.39, 0.29) is 17.3 Å². The van der Waals surface area contributed by atoms with Crippen molar-refractivity contribution in [1.29, 1.82) is 0 Å². The van der Waals surface area contributed by atoms with Gasteiger partial charge in [0.1, 0.15) is 0 Å². The van der Waals surface area contributed by atoms with E-state index in [1.807, 2.05) is 42.5 Å². The molecule has 3 aromatic carbocycles. The quantitative estimate of drug-likeness (QED) is 0.179. The standard InChI is InChI=1S/C24H21N5O3S/c1-17(19-10-7-11-20(14-19)29(31)32)26-27-23(30)16-33-24-25-21-12-5-6-13-22(21)28(24)15-18-8-3-2-4-9-18/h2-14H,15-16H2,1H3,(H,27,30)/b26-17+. The zero-order valence-electron chi connectivity index (χ0n) is 17.8. The van der Waals surface area contributed by atoms with Crippen LogP contribution in [0.15, 0.2) is 89.1 Å². The van der Waals surface area contributed by atoms with Crippen LogP contribution in [-0.4, -0.2) is 31.8 Å². The number of non-ortho nitro benzene ring substituents is 1. The highest BCUT2D eigenvalue weighted by Crippen LogP contribution is 2.25. The van der Waals surface area contributed by atoms with Crippen LogP contribution in [0.5, 0.6) is 0 Å². The number of amides is 1. The lowest BCUT2D eigenvalue weighted by molar-refractivity contribution is -0.384. The predicted molar refractivity (Wildman–Crippen MR) is 129 cm³/mol. The van der Waals surface area contributed by atoms with Crippen LogP contribution in [0.4, 0.5) is 5.69 Å². The van der Waals surface area contributed by atoms with E-state index in [9.17, 15) is 14.9 Å². The summed E-state index contributed by atoms with van der Waals surface area (Å²) in [5.74, 6) is -0.160. The molecule has 1 N–H and O–H groups in total. The molecule has 1 amide bonds. The van der Waals surface area contributed by atoms with E-state index in [0.717, 1.165) is 21.8 Å². The fourth-order valence-electron chi connectivity index (χ4n) is 3.30. The number of hydrogen-bond donors (Lipinski definition) is 1. The molecule has 1 aromatic heterocycles. The minimum atomic E-state index is -0.465. The molecule has 0 spiro atoms. The number of hydrogen-bond acceptors (Lipinski definition) is 6. The Hall–Kier alpha value is -3.98. The van der Waals surface area contributed by atoms with Gasteiger partial charge in [0.25, 0.3) is 11.6 Å². The van der Waals surface area contributed by atoms with Crippen LogP contribution in [0.25, 0.3) is 11.0 Å². The van der Waals surface area contributed by atoms with E-state index >= 15 is 0 Å². The van der Waals surface area contributed by atoms with Crippen LogP contribution in [0, 0.1) is 10.1 Å². The van der Waals surface area contributed by atoms with Crippen molar-refractivity contribution in [3.63, 3.8) is 0 Å². The molecule has 0 atom stereocenters. The summed E-state index contributed by atoms with van der Waals surface area (Å²) in [5, 5.41) is 15.8. The Balaban J connectivity index is 1.45. The van der Waals surface area contributed by atoms with Crippen molar-refractivity contribution < 1.29 is 9.72 Å². The summed E-state index contributed by atoms with van der Waals surface area (Å²) in [7, 11) is 0. The van der Waals surface area contributed by atoms with Gasteiger partial charge >= 0.3 is 0 Å². The average Bonchev–Trinajstić information content (AvgIpc) is 3.19. The van der Waals surface area contributed by atoms with Gasteiger partial charge in [0.15, 0.2) is 5.16 Å². The molecule has 9 heteroatoms. The highest BCUT2D eigenvalue weighted by molar-refractivity contribution is 7.99. The third-order valence-electron chi connectivity index (χ3n) is 4.96. The van der Waals surface area contributed by atoms with Crippen molar-refractivity contribution >= 4 is 40.1 Å². The zero-order valence-corrected chi connectivity index (χ0v) is 18.7. The Labute approximate surface area is 194 Å². The Morgan fingerprint density at radius 1 is 1.09 bits per heavy atom. The number of nitro groups is 1. The van der Waals surface area contributed by atoms with Gasteiger partial charge in [-0.15, -0.1) is 0 Å². The Kier molecular flexibility index (Phi) is 6.80. The second-order valence-electron chi connectivity index (χ2n) is 7.28. The summed E-state index contributed by atoms with van der Waals surface area (Å²) in [6, 6.07) is 24.1. The van der Waals surface area contributed by atoms with Crippen molar-refractivity contribution in [3.05, 3.63) is 100 Å². The predicted octanol–water partition coefficient (Wildman–Crippen LogP) is 4.63. The number of hydrazone groups is 1. The normalized spacial score (nSPS) is 11.5. The molecule has 0 aliphatic carbocycles. The molecule has 4 aromatic rings. The lowest BCUT2D eigenvalue weighted by Crippen LogP contribution is -2.21. The van der Waals surface area contributed by atoms with Gasteiger partial charge in [0, 0.05) is 17.7 Å². The number of aromatic nitrogens is 2. The van der Waals surface area contributed by atoms with Gasteiger partial charge in [-0.1, -0.05) is 66.4 Å². The number of nitro benzene ring substituents is 1. The van der Waals surface area contributed by atoms with Crippen LogP contribution in [0.2, 0.25) is 0 Å². The van der Waals surface area contributed by atoms with Crippen LogP contribution < -0.4 is 5.43 Å². The molecule has 8 nitrogen and oxygen atoms in total. The van der Waals surface area contributed by atoms with Gasteiger partial charge in [-0.2, -0.15) is 5.10 Å². The fraction of sp³-hybridized carbons (Fsp3) is 0.125. The molecular weight excluding hydrogens is 438 g/mol. The minimum Gasteiger partial charge on any atom is -0.314 e. The molecule has 1 heterocycles. The van der Waals surface area contributed by atoms with Gasteiger partial charge in [-0.25, -0.2) is 10.4 Å². The van der Waals surface area contributed by atoms with Crippen molar-refractivity contribution in [2.24, 2.45) is 5.10 Å². The largest absolute Gasteiger partial charge is 0.314 e. The van der Waals surface area contributed by atoms with E-state index in [4.69, 9.17) is 4.98 Å². The number of thioether (sulfide) groups is 1. The Bertz CT molecular complexity index is 1330. The van der Waals surface area contributed by atoms with Crippen LogP contribution in [-0.2, 0) is 11.3 Å². The first-order chi connectivity index (χ1) is 16.0. The van der Waals surface area contributed by atoms with Crippen molar-refractivity contribution in [1.82, 2.24) is 15.0 Å². The Morgan fingerprint density at radius 2 is 1.85 bits per heavy atom. The molecule has 0 aliphatic rings. The maximum atomic E-state index is 12.4. The molecule has 0 unspecified atom stereocenters. The second-order valence-corrected chi connectivity index (χ2v) is 8.23. The van der Waals surface area contributed by atoms with Gasteiger partial charge in [-0.3, -0.25) is 14.9 Å². The average molecular weight is 460 g/mol. The number of imidazole rings is 1. The van der Waals surface area contributed by atoms with Crippen LogP contribution in [0.3, 0.4) is 0 Å².